The first kappa shape index (κ1) is 26.2. The zero-order valence-electron chi connectivity index (χ0n) is 20.1. The summed E-state index contributed by atoms with van der Waals surface area (Å²) in [6.45, 7) is 5.79. The molecule has 0 aromatic carbocycles. The van der Waals surface area contributed by atoms with Crippen molar-refractivity contribution in [2.24, 2.45) is 0 Å². The van der Waals surface area contributed by atoms with Crippen LogP contribution in [0.4, 0.5) is 0 Å². The van der Waals surface area contributed by atoms with Crippen LogP contribution < -0.4 is 4.57 Å². The zero-order valence-corrected chi connectivity index (χ0v) is 20.1. The van der Waals surface area contributed by atoms with Crippen LogP contribution >= 0.6 is 0 Å². The Bertz CT molecular complexity index is 453. The Morgan fingerprint density at radius 2 is 1.00 bits per heavy atom. The van der Waals surface area contributed by atoms with Crippen molar-refractivity contribution in [3.63, 3.8) is 0 Å². The van der Waals surface area contributed by atoms with Crippen molar-refractivity contribution >= 4 is 0 Å². The van der Waals surface area contributed by atoms with E-state index in [-0.39, 0.29) is 0 Å². The van der Waals surface area contributed by atoms with E-state index in [1.165, 1.54) is 141 Å². The Labute approximate surface area is 183 Å². The lowest BCUT2D eigenvalue weighted by atomic mass is 10.0. The van der Waals surface area contributed by atoms with Crippen molar-refractivity contribution in [2.45, 2.75) is 149 Å². The van der Waals surface area contributed by atoms with Gasteiger partial charge in [-0.2, -0.15) is 0 Å². The van der Waals surface area contributed by atoms with Gasteiger partial charge in [0.25, 0.3) is 0 Å². The molecule has 0 atom stereocenters. The standard InChI is InChI=1S/C28H52N/c1-3-5-7-9-11-12-13-14-15-17-19-21-25-29-26-22-24-28(27-29)23-20-18-16-10-8-6-4-2/h22,24,26-27H,3-21,23,25H2,1-2H3/q+1. The smallest absolute Gasteiger partial charge is 0.171 e. The molecule has 1 aromatic rings. The van der Waals surface area contributed by atoms with E-state index >= 15 is 0 Å². The third-order valence-corrected chi connectivity index (χ3v) is 6.26. The Kier molecular flexibility index (Phi) is 18.4. The molecule has 0 spiro atoms. The normalized spacial score (nSPS) is 11.2. The molecule has 0 saturated heterocycles. The fraction of sp³-hybridized carbons (Fsp3) is 0.821. The van der Waals surface area contributed by atoms with Crippen molar-refractivity contribution in [1.29, 1.82) is 0 Å². The van der Waals surface area contributed by atoms with Gasteiger partial charge in [-0.3, -0.25) is 0 Å². The van der Waals surface area contributed by atoms with Crippen LogP contribution in [0.3, 0.4) is 0 Å². The van der Waals surface area contributed by atoms with E-state index < -0.39 is 0 Å². The Morgan fingerprint density at radius 3 is 1.52 bits per heavy atom. The zero-order chi connectivity index (χ0) is 20.8. The number of hydrogen-bond donors (Lipinski definition) is 0. The van der Waals surface area contributed by atoms with Crippen molar-refractivity contribution in [3.05, 3.63) is 30.1 Å². The predicted octanol–water partition coefficient (Wildman–Crippen LogP) is 8.97. The first-order valence-electron chi connectivity index (χ1n) is 13.3. The molecule has 0 amide bonds. The minimum absolute atomic E-state index is 1.20. The Morgan fingerprint density at radius 1 is 0.552 bits per heavy atom. The molecule has 1 rings (SSSR count). The van der Waals surface area contributed by atoms with Crippen molar-refractivity contribution in [2.75, 3.05) is 0 Å². The average Bonchev–Trinajstić information content (AvgIpc) is 2.74. The first-order valence-corrected chi connectivity index (χ1v) is 13.3. The van der Waals surface area contributed by atoms with Crippen LogP contribution in [0.5, 0.6) is 0 Å². The highest BCUT2D eigenvalue weighted by Gasteiger charge is 2.03. The third-order valence-electron chi connectivity index (χ3n) is 6.26. The van der Waals surface area contributed by atoms with E-state index in [2.05, 4.69) is 42.9 Å². The fourth-order valence-electron chi connectivity index (χ4n) is 4.28. The minimum Gasteiger partial charge on any atom is -0.205 e. The average molecular weight is 403 g/mol. The Balaban J connectivity index is 1.96. The molecule has 0 unspecified atom stereocenters. The maximum absolute atomic E-state index is 2.42. The van der Waals surface area contributed by atoms with Gasteiger partial charge < -0.3 is 0 Å². The number of nitrogens with zero attached hydrogens (tertiary/aromatic N) is 1. The van der Waals surface area contributed by atoms with Gasteiger partial charge in [-0.05, 0) is 25.3 Å². The van der Waals surface area contributed by atoms with Gasteiger partial charge in [0.15, 0.2) is 12.4 Å². The second-order valence-electron chi connectivity index (χ2n) is 9.21. The lowest BCUT2D eigenvalue weighted by molar-refractivity contribution is -0.697. The van der Waals surface area contributed by atoms with Gasteiger partial charge in [0.2, 0.25) is 0 Å². The van der Waals surface area contributed by atoms with Gasteiger partial charge in [0, 0.05) is 18.1 Å². The van der Waals surface area contributed by atoms with E-state index in [1.54, 1.807) is 0 Å². The highest BCUT2D eigenvalue weighted by Crippen LogP contribution is 2.12. The number of rotatable bonds is 21. The molecule has 0 aliphatic carbocycles. The summed E-state index contributed by atoms with van der Waals surface area (Å²) in [5.41, 5.74) is 1.53. The number of aryl methyl sites for hydroxylation is 2. The lowest BCUT2D eigenvalue weighted by Crippen LogP contribution is -2.33. The SMILES string of the molecule is CCCCCCCCCCCCCC[n+]1cccc(CCCCCCCCC)c1. The van der Waals surface area contributed by atoms with E-state index in [1.807, 2.05) is 0 Å². The fourth-order valence-corrected chi connectivity index (χ4v) is 4.28. The van der Waals surface area contributed by atoms with Gasteiger partial charge >= 0.3 is 0 Å². The number of pyridine rings is 1. The van der Waals surface area contributed by atoms with Gasteiger partial charge in [-0.1, -0.05) is 117 Å². The largest absolute Gasteiger partial charge is 0.205 e. The van der Waals surface area contributed by atoms with E-state index in [0.29, 0.717) is 0 Å². The minimum atomic E-state index is 1.20. The van der Waals surface area contributed by atoms with Crippen molar-refractivity contribution in [3.8, 4) is 0 Å². The van der Waals surface area contributed by atoms with Crippen LogP contribution in [-0.4, -0.2) is 0 Å². The second kappa shape index (κ2) is 20.4. The molecule has 0 fully saturated rings. The van der Waals surface area contributed by atoms with Gasteiger partial charge in [0.1, 0.15) is 6.54 Å². The first-order chi connectivity index (χ1) is 14.4. The molecule has 1 heteroatoms. The number of hydrogen-bond acceptors (Lipinski definition) is 0. The quantitative estimate of drug-likeness (QED) is 0.143. The van der Waals surface area contributed by atoms with Crippen LogP contribution in [0.15, 0.2) is 24.5 Å². The topological polar surface area (TPSA) is 3.88 Å². The van der Waals surface area contributed by atoms with E-state index in [9.17, 15) is 0 Å². The second-order valence-corrected chi connectivity index (χ2v) is 9.21. The number of unbranched alkanes of at least 4 members (excludes halogenated alkanes) is 17. The van der Waals surface area contributed by atoms with Gasteiger partial charge in [0.05, 0.1) is 0 Å². The molecule has 0 radical (unpaired) electrons. The molecule has 1 aromatic heterocycles. The molecule has 0 saturated carbocycles. The maximum Gasteiger partial charge on any atom is 0.171 e. The van der Waals surface area contributed by atoms with E-state index in [0.717, 1.165) is 0 Å². The molecule has 0 aliphatic rings. The molecule has 1 nitrogen and oxygen atoms in total. The molecular formula is C28H52N+. The summed E-state index contributed by atoms with van der Waals surface area (Å²) in [6, 6.07) is 4.56. The summed E-state index contributed by atoms with van der Waals surface area (Å²) < 4.78 is 2.42. The summed E-state index contributed by atoms with van der Waals surface area (Å²) in [5.74, 6) is 0. The monoisotopic (exact) mass is 402 g/mol. The molecule has 0 aliphatic heterocycles. The molecule has 1 heterocycles. The molecule has 0 bridgehead atoms. The van der Waals surface area contributed by atoms with Crippen LogP contribution in [0, 0.1) is 0 Å². The summed E-state index contributed by atoms with van der Waals surface area (Å²) in [7, 11) is 0. The molecular weight excluding hydrogens is 350 g/mol. The summed E-state index contributed by atoms with van der Waals surface area (Å²) in [5, 5.41) is 0. The van der Waals surface area contributed by atoms with Gasteiger partial charge in [-0.15, -0.1) is 0 Å². The van der Waals surface area contributed by atoms with Crippen LogP contribution in [-0.2, 0) is 13.0 Å². The highest BCUT2D eigenvalue weighted by molar-refractivity contribution is 5.05. The number of aromatic nitrogens is 1. The van der Waals surface area contributed by atoms with Crippen LogP contribution in [0.2, 0.25) is 0 Å². The highest BCUT2D eigenvalue weighted by atomic mass is 14.9. The summed E-state index contributed by atoms with van der Waals surface area (Å²) in [6.07, 6.45) is 32.9. The Hall–Kier alpha value is -0.850. The summed E-state index contributed by atoms with van der Waals surface area (Å²) >= 11 is 0. The van der Waals surface area contributed by atoms with Crippen LogP contribution in [0.25, 0.3) is 0 Å². The lowest BCUT2D eigenvalue weighted by Gasteiger charge is -2.03. The molecule has 29 heavy (non-hydrogen) atoms. The third kappa shape index (κ3) is 16.6. The van der Waals surface area contributed by atoms with Gasteiger partial charge in [-0.25, -0.2) is 4.57 Å². The summed E-state index contributed by atoms with van der Waals surface area (Å²) in [4.78, 5) is 0. The molecule has 168 valence electrons. The van der Waals surface area contributed by atoms with Crippen LogP contribution in [0.1, 0.15) is 141 Å². The van der Waals surface area contributed by atoms with Crippen molar-refractivity contribution < 1.29 is 4.57 Å². The van der Waals surface area contributed by atoms with Crippen molar-refractivity contribution in [1.82, 2.24) is 0 Å². The van der Waals surface area contributed by atoms with E-state index in [4.69, 9.17) is 0 Å². The molecule has 0 N–H and O–H groups in total. The predicted molar refractivity (Wildman–Crippen MR) is 129 cm³/mol. The maximum atomic E-state index is 2.42.